The Morgan fingerprint density at radius 1 is 1.00 bits per heavy atom. The van der Waals surface area contributed by atoms with Gasteiger partial charge in [0.05, 0.1) is 0 Å². The Hall–Kier alpha value is -3.16. The zero-order chi connectivity index (χ0) is 22.7. The number of carbonyl (C=O) groups is 1. The second kappa shape index (κ2) is 9.54. The van der Waals surface area contributed by atoms with Crippen LogP contribution in [-0.4, -0.2) is 20.7 Å². The number of aromatic nitrogens is 3. The van der Waals surface area contributed by atoms with E-state index in [9.17, 15) is 4.79 Å². The van der Waals surface area contributed by atoms with Crippen molar-refractivity contribution >= 4 is 35.6 Å². The maximum Gasteiger partial charge on any atom is 0.244 e. The van der Waals surface area contributed by atoms with Crippen LogP contribution in [-0.2, 0) is 11.3 Å². The van der Waals surface area contributed by atoms with Gasteiger partial charge in [-0.25, -0.2) is 0 Å². The molecule has 0 bridgehead atoms. The summed E-state index contributed by atoms with van der Waals surface area (Å²) in [5.74, 6) is 0.483. The average Bonchev–Trinajstić information content (AvgIpc) is 3.13. The van der Waals surface area contributed by atoms with E-state index in [1.807, 2.05) is 55.5 Å². The van der Waals surface area contributed by atoms with Gasteiger partial charge in [0.1, 0.15) is 6.54 Å². The van der Waals surface area contributed by atoms with E-state index in [1.54, 1.807) is 16.3 Å². The molecule has 0 saturated heterocycles. The smallest absolute Gasteiger partial charge is 0.244 e. The van der Waals surface area contributed by atoms with Gasteiger partial charge in [0.25, 0.3) is 0 Å². The maximum absolute atomic E-state index is 12.7. The Labute approximate surface area is 196 Å². The number of hydrogen-bond acceptors (Lipinski definition) is 4. The number of amides is 1. The third-order valence-corrected chi connectivity index (χ3v) is 6.56. The highest BCUT2D eigenvalue weighted by atomic mass is 32.2. The lowest BCUT2D eigenvalue weighted by Crippen LogP contribution is -2.19. The molecule has 7 heteroatoms. The molecule has 1 amide bonds. The zero-order valence-electron chi connectivity index (χ0n) is 18.2. The second-order valence-electron chi connectivity index (χ2n) is 7.75. The van der Waals surface area contributed by atoms with Crippen molar-refractivity contribution in [2.24, 2.45) is 0 Å². The Bertz CT molecular complexity index is 1310. The fraction of sp³-hybridized carbons (Fsp3) is 0.160. The molecule has 4 aromatic rings. The Balaban J connectivity index is 1.44. The monoisotopic (exact) mass is 460 g/mol. The minimum atomic E-state index is -0.161. The average molecular weight is 461 g/mol. The van der Waals surface area contributed by atoms with Gasteiger partial charge in [-0.1, -0.05) is 53.7 Å². The van der Waals surface area contributed by atoms with Crippen LogP contribution in [0.3, 0.4) is 0 Å². The van der Waals surface area contributed by atoms with Crippen LogP contribution in [0.15, 0.2) is 76.5 Å². The standard InChI is InChI=1S/C25H24N4OS2/c1-16-5-8-19(9-6-16)24-27-28-25(31)29(24)15-23(30)26-20-10-12-21(13-11-20)32-22-14-17(2)4-7-18(22)3/h4-14H,15H2,1-3H3,(H,26,30)(H,28,31). The van der Waals surface area contributed by atoms with E-state index < -0.39 is 0 Å². The molecule has 0 fully saturated rings. The number of carbonyl (C=O) groups excluding carboxylic acids is 1. The normalized spacial score (nSPS) is 10.8. The van der Waals surface area contributed by atoms with Crippen LogP contribution in [0.1, 0.15) is 16.7 Å². The number of aromatic amines is 1. The van der Waals surface area contributed by atoms with Crippen molar-refractivity contribution in [1.82, 2.24) is 14.8 Å². The van der Waals surface area contributed by atoms with Crippen molar-refractivity contribution in [2.75, 3.05) is 5.32 Å². The van der Waals surface area contributed by atoms with E-state index in [0.29, 0.717) is 10.6 Å². The Morgan fingerprint density at radius 2 is 1.69 bits per heavy atom. The topological polar surface area (TPSA) is 62.7 Å². The summed E-state index contributed by atoms with van der Waals surface area (Å²) in [6.45, 7) is 6.32. The first-order valence-electron chi connectivity index (χ1n) is 10.3. The van der Waals surface area contributed by atoms with Gasteiger partial charge in [-0.3, -0.25) is 14.5 Å². The SMILES string of the molecule is Cc1ccc(-c2n[nH]c(=S)n2CC(=O)Nc2ccc(Sc3cc(C)ccc3C)cc2)cc1. The number of H-pyrrole nitrogens is 1. The highest BCUT2D eigenvalue weighted by Crippen LogP contribution is 2.31. The van der Waals surface area contributed by atoms with Crippen molar-refractivity contribution in [3.05, 3.63) is 88.2 Å². The van der Waals surface area contributed by atoms with Crippen LogP contribution in [0.4, 0.5) is 5.69 Å². The highest BCUT2D eigenvalue weighted by molar-refractivity contribution is 7.99. The summed E-state index contributed by atoms with van der Waals surface area (Å²) in [4.78, 5) is 15.1. The number of anilines is 1. The van der Waals surface area contributed by atoms with Crippen LogP contribution in [0.5, 0.6) is 0 Å². The fourth-order valence-corrected chi connectivity index (χ4v) is 4.48. The van der Waals surface area contributed by atoms with Crippen LogP contribution in [0, 0.1) is 25.5 Å². The van der Waals surface area contributed by atoms with Crippen molar-refractivity contribution in [2.45, 2.75) is 37.1 Å². The lowest BCUT2D eigenvalue weighted by Gasteiger charge is -2.10. The van der Waals surface area contributed by atoms with Gasteiger partial charge in [0.2, 0.25) is 5.91 Å². The predicted molar refractivity (Wildman–Crippen MR) is 133 cm³/mol. The molecule has 3 aromatic carbocycles. The van der Waals surface area contributed by atoms with Crippen LogP contribution >= 0.6 is 24.0 Å². The summed E-state index contributed by atoms with van der Waals surface area (Å²) in [6, 6.07) is 22.3. The van der Waals surface area contributed by atoms with Gasteiger partial charge >= 0.3 is 0 Å². The Morgan fingerprint density at radius 3 is 2.41 bits per heavy atom. The molecule has 1 heterocycles. The molecule has 0 aliphatic rings. The minimum Gasteiger partial charge on any atom is -0.325 e. The molecule has 5 nitrogen and oxygen atoms in total. The molecule has 0 aliphatic heterocycles. The van der Waals surface area contributed by atoms with Gasteiger partial charge in [-0.2, -0.15) is 5.10 Å². The van der Waals surface area contributed by atoms with Gasteiger partial charge in [-0.05, 0) is 74.4 Å². The number of hydrogen-bond donors (Lipinski definition) is 2. The number of benzene rings is 3. The molecule has 0 aliphatic carbocycles. The molecule has 0 saturated carbocycles. The van der Waals surface area contributed by atoms with Crippen molar-refractivity contribution < 1.29 is 4.79 Å². The summed E-state index contributed by atoms with van der Waals surface area (Å²) in [6.07, 6.45) is 0. The third-order valence-electron chi connectivity index (χ3n) is 5.08. The zero-order valence-corrected chi connectivity index (χ0v) is 19.8. The van der Waals surface area contributed by atoms with E-state index >= 15 is 0 Å². The van der Waals surface area contributed by atoms with Gasteiger partial charge < -0.3 is 5.32 Å². The molecule has 2 N–H and O–H groups in total. The molecule has 4 rings (SSSR count). The van der Waals surface area contributed by atoms with E-state index in [2.05, 4.69) is 47.6 Å². The summed E-state index contributed by atoms with van der Waals surface area (Å²) < 4.78 is 2.12. The van der Waals surface area contributed by atoms with Gasteiger partial charge in [0.15, 0.2) is 10.6 Å². The summed E-state index contributed by atoms with van der Waals surface area (Å²) >= 11 is 7.06. The number of nitrogens with zero attached hydrogens (tertiary/aromatic N) is 2. The molecule has 1 aromatic heterocycles. The highest BCUT2D eigenvalue weighted by Gasteiger charge is 2.13. The summed E-state index contributed by atoms with van der Waals surface area (Å²) in [7, 11) is 0. The van der Waals surface area contributed by atoms with E-state index in [-0.39, 0.29) is 12.5 Å². The van der Waals surface area contributed by atoms with Gasteiger partial charge in [0, 0.05) is 21.0 Å². The molecular formula is C25H24N4OS2. The molecule has 0 spiro atoms. The quantitative estimate of drug-likeness (QED) is 0.330. The van der Waals surface area contributed by atoms with E-state index in [4.69, 9.17) is 12.2 Å². The number of rotatable bonds is 6. The predicted octanol–water partition coefficient (Wildman–Crippen LogP) is 6.32. The maximum atomic E-state index is 12.7. The van der Waals surface area contributed by atoms with Crippen molar-refractivity contribution in [1.29, 1.82) is 0 Å². The van der Waals surface area contributed by atoms with Crippen LogP contribution in [0.25, 0.3) is 11.4 Å². The molecule has 32 heavy (non-hydrogen) atoms. The van der Waals surface area contributed by atoms with Crippen LogP contribution in [0.2, 0.25) is 0 Å². The molecule has 0 radical (unpaired) electrons. The minimum absolute atomic E-state index is 0.0809. The number of nitrogens with one attached hydrogen (secondary N) is 2. The molecule has 162 valence electrons. The lowest BCUT2D eigenvalue weighted by atomic mass is 10.1. The van der Waals surface area contributed by atoms with Gasteiger partial charge in [-0.15, -0.1) is 0 Å². The largest absolute Gasteiger partial charge is 0.325 e. The molecular weight excluding hydrogens is 436 g/mol. The lowest BCUT2D eigenvalue weighted by molar-refractivity contribution is -0.116. The van der Waals surface area contributed by atoms with Crippen molar-refractivity contribution in [3.8, 4) is 11.4 Å². The van der Waals surface area contributed by atoms with Crippen LogP contribution < -0.4 is 5.32 Å². The van der Waals surface area contributed by atoms with E-state index in [1.165, 1.54) is 16.0 Å². The number of aryl methyl sites for hydroxylation is 3. The fourth-order valence-electron chi connectivity index (χ4n) is 3.28. The second-order valence-corrected chi connectivity index (χ2v) is 9.25. The summed E-state index contributed by atoms with van der Waals surface area (Å²) in [5, 5.41) is 10.0. The first-order valence-corrected chi connectivity index (χ1v) is 11.5. The first kappa shape index (κ1) is 22.0. The summed E-state index contributed by atoms with van der Waals surface area (Å²) in [5.41, 5.74) is 5.30. The van der Waals surface area contributed by atoms with Crippen molar-refractivity contribution in [3.63, 3.8) is 0 Å². The third kappa shape index (κ3) is 5.18. The molecule has 0 unspecified atom stereocenters. The molecule has 0 atom stereocenters. The first-order chi connectivity index (χ1) is 15.4. The Kier molecular flexibility index (Phi) is 6.58. The van der Waals surface area contributed by atoms with E-state index in [0.717, 1.165) is 21.7 Å².